The van der Waals surface area contributed by atoms with Gasteiger partial charge in [0.1, 0.15) is 12.4 Å². The highest BCUT2D eigenvalue weighted by Gasteiger charge is 2.20. The van der Waals surface area contributed by atoms with Gasteiger partial charge in [-0.2, -0.15) is 0 Å². The number of halogens is 2. The maximum atomic E-state index is 13.4. The third kappa shape index (κ3) is 5.14. The molecule has 0 saturated heterocycles. The van der Waals surface area contributed by atoms with E-state index >= 15 is 0 Å². The summed E-state index contributed by atoms with van der Waals surface area (Å²) in [5.74, 6) is -0.471. The van der Waals surface area contributed by atoms with E-state index in [1.54, 1.807) is 6.07 Å². The smallest absolute Gasteiger partial charge is 0.234 e. The molecular weight excluding hydrogens is 345 g/mol. The summed E-state index contributed by atoms with van der Waals surface area (Å²) in [6.07, 6.45) is 0. The highest BCUT2D eigenvalue weighted by Crippen LogP contribution is 2.24. The maximum absolute atomic E-state index is 13.4. The van der Waals surface area contributed by atoms with Gasteiger partial charge in [0.2, 0.25) is 11.8 Å². The summed E-state index contributed by atoms with van der Waals surface area (Å²) < 4.78 is 19.0. The van der Waals surface area contributed by atoms with Crippen molar-refractivity contribution in [2.45, 2.75) is 26.4 Å². The van der Waals surface area contributed by atoms with Crippen molar-refractivity contribution >= 4 is 28.4 Å². The molecule has 0 aliphatic carbocycles. The molecule has 3 N–H and O–H groups in total. The van der Waals surface area contributed by atoms with E-state index < -0.39 is 11.9 Å². The molecule has 0 bridgehead atoms. The molecule has 0 spiro atoms. The van der Waals surface area contributed by atoms with Crippen LogP contribution < -0.4 is 15.8 Å². The van der Waals surface area contributed by atoms with Gasteiger partial charge in [-0.25, -0.2) is 9.37 Å². The number of nitrogens with zero attached hydrogens (tertiary/aromatic N) is 1. The Kier molecular flexibility index (Phi) is 6.33. The minimum absolute atomic E-state index is 0.0343. The number of hydrogen-bond acceptors (Lipinski definition) is 4. The SMILES string of the molecule is C=C(Cl)COc1nc2cc(F)ccc2cc1CN[C@H](C(N)=O)C(C)C. The minimum Gasteiger partial charge on any atom is -0.472 e. The van der Waals surface area contributed by atoms with Crippen molar-refractivity contribution in [2.24, 2.45) is 11.7 Å². The number of nitrogens with one attached hydrogen (secondary N) is 1. The first-order valence-electron chi connectivity index (χ1n) is 7.86. The van der Waals surface area contributed by atoms with Crippen LogP contribution in [0.15, 0.2) is 35.9 Å². The van der Waals surface area contributed by atoms with Crippen LogP contribution in [-0.4, -0.2) is 23.5 Å². The molecule has 1 aromatic carbocycles. The Morgan fingerprint density at radius 1 is 1.44 bits per heavy atom. The lowest BCUT2D eigenvalue weighted by Crippen LogP contribution is -2.44. The second-order valence-electron chi connectivity index (χ2n) is 6.10. The van der Waals surface area contributed by atoms with Gasteiger partial charge in [0.15, 0.2) is 0 Å². The molecule has 0 aliphatic heterocycles. The van der Waals surface area contributed by atoms with Gasteiger partial charge in [0.05, 0.1) is 11.6 Å². The van der Waals surface area contributed by atoms with Crippen molar-refractivity contribution in [3.63, 3.8) is 0 Å². The number of carbonyl (C=O) groups excluding carboxylic acids is 1. The van der Waals surface area contributed by atoms with E-state index in [4.69, 9.17) is 22.1 Å². The zero-order chi connectivity index (χ0) is 18.6. The largest absolute Gasteiger partial charge is 0.472 e. The van der Waals surface area contributed by atoms with Gasteiger partial charge in [0.25, 0.3) is 0 Å². The fraction of sp³-hybridized carbons (Fsp3) is 0.333. The number of ether oxygens (including phenoxy) is 1. The van der Waals surface area contributed by atoms with Crippen molar-refractivity contribution in [2.75, 3.05) is 6.61 Å². The van der Waals surface area contributed by atoms with Crippen molar-refractivity contribution in [3.05, 3.63) is 47.3 Å². The predicted molar refractivity (Wildman–Crippen MR) is 96.8 cm³/mol. The molecule has 5 nitrogen and oxygen atoms in total. The summed E-state index contributed by atoms with van der Waals surface area (Å²) in [6, 6.07) is 5.68. The van der Waals surface area contributed by atoms with Crippen molar-refractivity contribution in [3.8, 4) is 5.88 Å². The van der Waals surface area contributed by atoms with Gasteiger partial charge in [-0.15, -0.1) is 0 Å². The second-order valence-corrected chi connectivity index (χ2v) is 6.64. The molecule has 0 fully saturated rings. The monoisotopic (exact) mass is 365 g/mol. The van der Waals surface area contributed by atoms with E-state index in [1.165, 1.54) is 12.1 Å². The molecule has 134 valence electrons. The van der Waals surface area contributed by atoms with Gasteiger partial charge < -0.3 is 15.8 Å². The number of carbonyl (C=O) groups is 1. The van der Waals surface area contributed by atoms with Crippen LogP contribution in [0.25, 0.3) is 10.9 Å². The van der Waals surface area contributed by atoms with Crippen LogP contribution in [0.4, 0.5) is 4.39 Å². The third-order valence-corrected chi connectivity index (χ3v) is 3.78. The first kappa shape index (κ1) is 19.1. The molecule has 2 rings (SSSR count). The Hall–Kier alpha value is -2.18. The van der Waals surface area contributed by atoms with E-state index in [9.17, 15) is 9.18 Å². The molecule has 7 heteroatoms. The molecule has 1 atom stereocenters. The summed E-state index contributed by atoms with van der Waals surface area (Å²) >= 11 is 5.75. The van der Waals surface area contributed by atoms with E-state index in [-0.39, 0.29) is 18.3 Å². The fourth-order valence-electron chi connectivity index (χ4n) is 2.45. The number of fused-ring (bicyclic) bond motifs is 1. The van der Waals surface area contributed by atoms with Crippen molar-refractivity contribution < 1.29 is 13.9 Å². The van der Waals surface area contributed by atoms with Gasteiger partial charge in [0, 0.05) is 28.6 Å². The molecule has 1 aromatic heterocycles. The van der Waals surface area contributed by atoms with Crippen LogP contribution in [0.5, 0.6) is 5.88 Å². The molecular formula is C18H21ClFN3O2. The number of primary amides is 1. The molecule has 0 saturated carbocycles. The highest BCUT2D eigenvalue weighted by atomic mass is 35.5. The lowest BCUT2D eigenvalue weighted by atomic mass is 10.0. The average Bonchev–Trinajstić information content (AvgIpc) is 2.52. The molecule has 1 heterocycles. The summed E-state index contributed by atoms with van der Waals surface area (Å²) in [6.45, 7) is 7.77. The lowest BCUT2D eigenvalue weighted by Gasteiger charge is -2.20. The van der Waals surface area contributed by atoms with Crippen LogP contribution >= 0.6 is 11.6 Å². The number of aromatic nitrogens is 1. The van der Waals surface area contributed by atoms with Crippen LogP contribution in [0, 0.1) is 11.7 Å². The number of rotatable bonds is 8. The van der Waals surface area contributed by atoms with E-state index in [1.807, 2.05) is 19.9 Å². The van der Waals surface area contributed by atoms with E-state index in [0.717, 1.165) is 5.39 Å². The highest BCUT2D eigenvalue weighted by molar-refractivity contribution is 6.29. The Morgan fingerprint density at radius 3 is 2.76 bits per heavy atom. The van der Waals surface area contributed by atoms with Gasteiger partial charge in [-0.3, -0.25) is 4.79 Å². The number of nitrogens with two attached hydrogens (primary N) is 1. The molecule has 2 aromatic rings. The van der Waals surface area contributed by atoms with Gasteiger partial charge in [-0.05, 0) is 24.1 Å². The van der Waals surface area contributed by atoms with Crippen LogP contribution in [-0.2, 0) is 11.3 Å². The van der Waals surface area contributed by atoms with Crippen molar-refractivity contribution in [1.82, 2.24) is 10.3 Å². The number of hydrogen-bond donors (Lipinski definition) is 2. The lowest BCUT2D eigenvalue weighted by molar-refractivity contribution is -0.121. The topological polar surface area (TPSA) is 77.2 Å². The van der Waals surface area contributed by atoms with E-state index in [2.05, 4.69) is 16.9 Å². The summed E-state index contributed by atoms with van der Waals surface area (Å²) in [7, 11) is 0. The van der Waals surface area contributed by atoms with Crippen LogP contribution in [0.2, 0.25) is 0 Å². The molecule has 0 unspecified atom stereocenters. The normalized spacial score (nSPS) is 12.4. The van der Waals surface area contributed by atoms with Gasteiger partial charge >= 0.3 is 0 Å². The van der Waals surface area contributed by atoms with E-state index in [0.29, 0.717) is 28.5 Å². The Labute approximate surface area is 151 Å². The Balaban J connectivity index is 2.34. The number of pyridine rings is 1. The van der Waals surface area contributed by atoms with Crippen LogP contribution in [0.3, 0.4) is 0 Å². The third-order valence-electron chi connectivity index (χ3n) is 3.67. The fourth-order valence-corrected chi connectivity index (χ4v) is 2.50. The van der Waals surface area contributed by atoms with Gasteiger partial charge in [-0.1, -0.05) is 32.0 Å². The summed E-state index contributed by atoms with van der Waals surface area (Å²) in [5, 5.41) is 4.19. The predicted octanol–water partition coefficient (Wildman–Crippen LogP) is 3.10. The van der Waals surface area contributed by atoms with Crippen LogP contribution in [0.1, 0.15) is 19.4 Å². The summed E-state index contributed by atoms with van der Waals surface area (Å²) in [5.41, 5.74) is 6.61. The average molecular weight is 366 g/mol. The zero-order valence-corrected chi connectivity index (χ0v) is 14.9. The summed E-state index contributed by atoms with van der Waals surface area (Å²) in [4.78, 5) is 15.9. The number of benzene rings is 1. The molecule has 1 amide bonds. The quantitative estimate of drug-likeness (QED) is 0.753. The Bertz CT molecular complexity index is 795. The molecule has 0 radical (unpaired) electrons. The standard InChI is InChI=1S/C18H21ClFN3O2/c1-10(2)16(17(21)24)22-8-13-6-12-4-5-14(20)7-15(12)23-18(13)25-9-11(3)19/h4-7,10,16,22H,3,8-9H2,1-2H3,(H2,21,24)/t16-/m0/s1. The minimum atomic E-state index is -0.486. The molecule has 0 aliphatic rings. The first-order valence-corrected chi connectivity index (χ1v) is 8.23. The zero-order valence-electron chi connectivity index (χ0n) is 14.2. The second kappa shape index (κ2) is 8.27. The first-order chi connectivity index (χ1) is 11.8. The van der Waals surface area contributed by atoms with Crippen molar-refractivity contribution in [1.29, 1.82) is 0 Å². The number of amides is 1. The maximum Gasteiger partial charge on any atom is 0.234 e. The molecule has 25 heavy (non-hydrogen) atoms. The Morgan fingerprint density at radius 2 is 2.16 bits per heavy atom.